The van der Waals surface area contributed by atoms with Gasteiger partial charge in [-0.05, 0) is 70.5 Å². The van der Waals surface area contributed by atoms with Crippen LogP contribution in [0.1, 0.15) is 49.7 Å². The van der Waals surface area contributed by atoms with Gasteiger partial charge in [-0.1, -0.05) is 6.07 Å². The number of nitrogens with zero attached hydrogens (tertiary/aromatic N) is 3. The maximum absolute atomic E-state index is 13.0. The number of piperidine rings is 1. The van der Waals surface area contributed by atoms with Gasteiger partial charge < -0.3 is 42.3 Å². The number of fused-ring (bicyclic) bond motifs is 1. The Bertz CT molecular complexity index is 1310. The largest absolute Gasteiger partial charge is 0.388 e. The van der Waals surface area contributed by atoms with E-state index in [9.17, 15) is 4.79 Å². The molecule has 3 heterocycles. The molecule has 1 unspecified atom stereocenters. The maximum Gasteiger partial charge on any atom is 0.273 e. The molecule has 1 fully saturated rings. The van der Waals surface area contributed by atoms with Crippen molar-refractivity contribution >= 4 is 46.1 Å². The maximum atomic E-state index is 13.0. The van der Waals surface area contributed by atoms with E-state index in [0.29, 0.717) is 23.8 Å². The molecular formula is C28H40N10O. The number of aromatic nitrogens is 3. The van der Waals surface area contributed by atoms with Crippen LogP contribution in [0.5, 0.6) is 0 Å². The number of rotatable bonds is 12. The van der Waals surface area contributed by atoms with Crippen molar-refractivity contribution in [1.82, 2.24) is 30.9 Å². The van der Waals surface area contributed by atoms with Crippen LogP contribution in [-0.2, 0) is 0 Å². The van der Waals surface area contributed by atoms with Crippen molar-refractivity contribution in [2.45, 2.75) is 45.7 Å². The van der Waals surface area contributed by atoms with Crippen molar-refractivity contribution in [2.24, 2.45) is 0 Å². The first-order chi connectivity index (χ1) is 18.9. The van der Waals surface area contributed by atoms with Crippen LogP contribution < -0.4 is 31.9 Å². The van der Waals surface area contributed by atoms with Crippen LogP contribution in [0.3, 0.4) is 0 Å². The number of nitrogens with one attached hydrogen (secondary N) is 6. The van der Waals surface area contributed by atoms with Gasteiger partial charge in [0.2, 0.25) is 0 Å². The van der Waals surface area contributed by atoms with E-state index in [2.05, 4.69) is 74.0 Å². The Labute approximate surface area is 229 Å². The number of aromatic amines is 1. The first kappa shape index (κ1) is 27.9. The van der Waals surface area contributed by atoms with Crippen LogP contribution in [0.4, 0.5) is 17.2 Å². The Balaban J connectivity index is 1.52. The minimum Gasteiger partial charge on any atom is -0.388 e. The zero-order valence-electron chi connectivity index (χ0n) is 23.0. The molecule has 11 nitrogen and oxygen atoms in total. The lowest BCUT2D eigenvalue weighted by molar-refractivity contribution is 0.0947. The van der Waals surface area contributed by atoms with E-state index >= 15 is 0 Å². The van der Waals surface area contributed by atoms with Gasteiger partial charge in [-0.15, -0.1) is 0 Å². The van der Waals surface area contributed by atoms with Crippen molar-refractivity contribution < 1.29 is 4.79 Å². The predicted molar refractivity (Wildman–Crippen MR) is 160 cm³/mol. The van der Waals surface area contributed by atoms with Crippen molar-refractivity contribution in [3.63, 3.8) is 0 Å². The van der Waals surface area contributed by atoms with E-state index < -0.39 is 0 Å². The number of amides is 1. The number of nitrogens with two attached hydrogens (primary N) is 1. The molecule has 0 bridgehead atoms. The second-order valence-corrected chi connectivity index (χ2v) is 9.71. The fourth-order valence-electron chi connectivity index (χ4n) is 4.90. The highest BCUT2D eigenvalue weighted by Crippen LogP contribution is 2.31. The van der Waals surface area contributed by atoms with Gasteiger partial charge in [-0.3, -0.25) is 4.79 Å². The van der Waals surface area contributed by atoms with Crippen LogP contribution >= 0.6 is 0 Å². The average Bonchev–Trinajstić information content (AvgIpc) is 3.41. The van der Waals surface area contributed by atoms with E-state index in [4.69, 9.17) is 11.1 Å². The van der Waals surface area contributed by atoms with Gasteiger partial charge in [-0.25, -0.2) is 9.97 Å². The Morgan fingerprint density at radius 3 is 2.77 bits per heavy atom. The van der Waals surface area contributed by atoms with Gasteiger partial charge in [0.05, 0.1) is 11.4 Å². The first-order valence-electron chi connectivity index (χ1n) is 13.7. The average molecular weight is 533 g/mol. The predicted octanol–water partition coefficient (Wildman–Crippen LogP) is 2.95. The van der Waals surface area contributed by atoms with Gasteiger partial charge in [0.25, 0.3) is 5.91 Å². The second-order valence-electron chi connectivity index (χ2n) is 9.71. The van der Waals surface area contributed by atoms with Crippen LogP contribution in [0, 0.1) is 5.41 Å². The molecule has 1 aliphatic heterocycles. The number of benzene rings is 1. The summed E-state index contributed by atoms with van der Waals surface area (Å²) in [5.74, 6) is -0.265. The number of carbonyl (C=O) groups excluding carboxylic acids is 1. The molecule has 0 spiro atoms. The van der Waals surface area contributed by atoms with Gasteiger partial charge in [0.15, 0.2) is 17.2 Å². The highest BCUT2D eigenvalue weighted by molar-refractivity contribution is 6.08. The van der Waals surface area contributed by atoms with Gasteiger partial charge >= 0.3 is 0 Å². The summed E-state index contributed by atoms with van der Waals surface area (Å²) in [6.07, 6.45) is 7.20. The van der Waals surface area contributed by atoms with Crippen molar-refractivity contribution in [3.8, 4) is 0 Å². The molecule has 39 heavy (non-hydrogen) atoms. The molecule has 0 saturated carbocycles. The van der Waals surface area contributed by atoms with Crippen molar-refractivity contribution in [1.29, 1.82) is 5.41 Å². The summed E-state index contributed by atoms with van der Waals surface area (Å²) < 4.78 is 0. The number of hydrogen-bond acceptors (Lipinski definition) is 9. The highest BCUT2D eigenvalue weighted by Gasteiger charge is 2.21. The molecule has 3 aromatic rings. The SMILES string of the molecule is CCNc1ccc(/C(C=N)=C/NC2CCNCC2)cc1N(CC)C(C)CNC(=O)c1nc2cc[nH]c2nc1N. The zero-order valence-corrected chi connectivity index (χ0v) is 23.0. The van der Waals surface area contributed by atoms with Gasteiger partial charge in [0.1, 0.15) is 5.52 Å². The van der Waals surface area contributed by atoms with Crippen molar-refractivity contribution in [3.05, 3.63) is 47.9 Å². The Hall–Kier alpha value is -4.12. The lowest BCUT2D eigenvalue weighted by Crippen LogP contribution is -2.43. The van der Waals surface area contributed by atoms with E-state index in [0.717, 1.165) is 61.5 Å². The summed E-state index contributed by atoms with van der Waals surface area (Å²) in [4.78, 5) is 26.8. The minimum absolute atomic E-state index is 0.0305. The van der Waals surface area contributed by atoms with Gasteiger partial charge in [-0.2, -0.15) is 0 Å². The van der Waals surface area contributed by atoms with Crippen LogP contribution in [-0.4, -0.2) is 71.9 Å². The van der Waals surface area contributed by atoms with E-state index in [1.807, 2.05) is 12.3 Å². The Kier molecular flexibility index (Phi) is 9.37. The third-order valence-electron chi connectivity index (χ3n) is 7.03. The summed E-state index contributed by atoms with van der Waals surface area (Å²) in [6.45, 7) is 10.1. The monoisotopic (exact) mass is 532 g/mol. The Morgan fingerprint density at radius 2 is 2.05 bits per heavy atom. The fraction of sp³-hybridized carbons (Fsp3) is 0.429. The quantitative estimate of drug-likeness (QED) is 0.175. The van der Waals surface area contributed by atoms with Crippen molar-refractivity contribution in [2.75, 3.05) is 48.7 Å². The summed E-state index contributed by atoms with van der Waals surface area (Å²) in [7, 11) is 0. The molecule has 1 atom stereocenters. The number of carbonyl (C=O) groups is 1. The van der Waals surface area contributed by atoms with Crippen LogP contribution in [0.2, 0.25) is 0 Å². The number of allylic oxidation sites excluding steroid dienone is 1. The molecule has 1 saturated heterocycles. The topological polar surface area (TPSA) is 160 Å². The molecule has 208 valence electrons. The summed E-state index contributed by atoms with van der Waals surface area (Å²) in [5.41, 5.74) is 11.1. The number of H-pyrrole nitrogens is 1. The molecule has 1 amide bonds. The minimum atomic E-state index is -0.357. The summed E-state index contributed by atoms with van der Waals surface area (Å²) >= 11 is 0. The lowest BCUT2D eigenvalue weighted by atomic mass is 10.0. The van der Waals surface area contributed by atoms with Crippen LogP contribution in [0.25, 0.3) is 16.7 Å². The molecule has 4 rings (SSSR count). The van der Waals surface area contributed by atoms with Crippen LogP contribution in [0.15, 0.2) is 36.7 Å². The molecule has 0 radical (unpaired) electrons. The molecule has 2 aromatic heterocycles. The Morgan fingerprint density at radius 1 is 1.26 bits per heavy atom. The van der Waals surface area contributed by atoms with E-state index in [1.165, 1.54) is 6.21 Å². The molecule has 1 aromatic carbocycles. The number of hydrogen-bond donors (Lipinski definition) is 7. The normalized spacial score (nSPS) is 15.1. The number of nitrogen functional groups attached to an aromatic ring is 1. The summed E-state index contributed by atoms with van der Waals surface area (Å²) in [5, 5.41) is 21.4. The van der Waals surface area contributed by atoms with Gasteiger partial charge in [0, 0.05) is 55.9 Å². The van der Waals surface area contributed by atoms with E-state index in [-0.39, 0.29) is 23.5 Å². The summed E-state index contributed by atoms with van der Waals surface area (Å²) in [6, 6.07) is 8.36. The smallest absolute Gasteiger partial charge is 0.273 e. The molecule has 1 aliphatic rings. The molecular weight excluding hydrogens is 492 g/mol. The zero-order chi connectivity index (χ0) is 27.8. The molecule has 11 heteroatoms. The number of anilines is 3. The third-order valence-corrected chi connectivity index (χ3v) is 7.03. The highest BCUT2D eigenvalue weighted by atomic mass is 16.1. The third kappa shape index (κ3) is 6.66. The standard InChI is InChI=1S/C28H40N10O/c1-4-32-22-7-6-19(20(15-29)17-34-21-8-11-31-12-9-21)14-24(22)38(5-2)18(3)16-35-28(39)25-26(30)37-27-23(36-25)10-13-33-27/h6-7,10,13-15,17-18,21,29,31-32,34H,4-5,8-9,11-12,16H2,1-3H3,(H,35,39)(H3,30,33,37)/b20-17+,29-15?. The second kappa shape index (κ2) is 13.1. The van der Waals surface area contributed by atoms with E-state index in [1.54, 1.807) is 12.3 Å². The lowest BCUT2D eigenvalue weighted by Gasteiger charge is -2.32. The first-order valence-corrected chi connectivity index (χ1v) is 13.7. The molecule has 0 aliphatic carbocycles. The molecule has 8 N–H and O–H groups in total. The fourth-order valence-corrected chi connectivity index (χ4v) is 4.90. The number of likely N-dealkylation sites (N-methyl/N-ethyl adjacent to an activating group) is 1.